The quantitative estimate of drug-likeness (QED) is 0.358. The number of alkyl halides is 6. The van der Waals surface area contributed by atoms with Gasteiger partial charge in [-0.1, -0.05) is 38.3 Å². The summed E-state index contributed by atoms with van der Waals surface area (Å²) >= 11 is 0. The second kappa shape index (κ2) is 10.4. The molecule has 0 radical (unpaired) electrons. The molecular weight excluding hydrogens is 416 g/mol. The van der Waals surface area contributed by atoms with Crippen molar-refractivity contribution in [2.75, 3.05) is 18.5 Å². The van der Waals surface area contributed by atoms with Crippen LogP contribution in [0.15, 0.2) is 30.5 Å². The number of nitrogens with zero attached hydrogens (tertiary/aromatic N) is 2. The monoisotopic (exact) mass is 437 g/mol. The molecule has 0 aliphatic rings. The number of hydrogen-bond donors (Lipinski definition) is 1. The van der Waals surface area contributed by atoms with Crippen LogP contribution in [-0.2, 0) is 6.18 Å². The summed E-state index contributed by atoms with van der Waals surface area (Å²) in [5, 5.41) is 2.66. The summed E-state index contributed by atoms with van der Waals surface area (Å²) in [5.41, 5.74) is -1.15. The first-order valence-electron chi connectivity index (χ1n) is 9.23. The van der Waals surface area contributed by atoms with Crippen molar-refractivity contribution in [2.45, 2.75) is 45.0 Å². The van der Waals surface area contributed by atoms with Crippen molar-refractivity contribution in [3.63, 3.8) is 0 Å². The molecule has 0 unspecified atom stereocenters. The minimum Gasteiger partial charge on any atom is -0.491 e. The number of unbranched alkanes of at least 4 members (excludes halogenated alkanes) is 3. The summed E-state index contributed by atoms with van der Waals surface area (Å²) in [7, 11) is 0. The van der Waals surface area contributed by atoms with Crippen molar-refractivity contribution >= 4 is 11.6 Å². The van der Waals surface area contributed by atoms with E-state index in [0.717, 1.165) is 25.7 Å². The molecule has 0 amide bonds. The Hall–Kier alpha value is -2.72. The predicted octanol–water partition coefficient (Wildman–Crippen LogP) is 6.14. The molecule has 1 heterocycles. The minimum absolute atomic E-state index is 0.356. The van der Waals surface area contributed by atoms with Gasteiger partial charge in [-0.25, -0.2) is 4.98 Å². The summed E-state index contributed by atoms with van der Waals surface area (Å²) < 4.78 is 86.2. The normalized spacial score (nSPS) is 12.0. The second-order valence-corrected chi connectivity index (χ2v) is 6.34. The van der Waals surface area contributed by atoms with Gasteiger partial charge in [-0.3, -0.25) is 0 Å². The highest BCUT2D eigenvalue weighted by molar-refractivity contribution is 5.62. The van der Waals surface area contributed by atoms with Gasteiger partial charge < -0.3 is 14.8 Å². The van der Waals surface area contributed by atoms with Crippen LogP contribution in [0.2, 0.25) is 0 Å². The maximum atomic E-state index is 13.0. The predicted molar refractivity (Wildman–Crippen MR) is 97.9 cm³/mol. The lowest BCUT2D eigenvalue weighted by Gasteiger charge is -2.16. The largest absolute Gasteiger partial charge is 0.491 e. The van der Waals surface area contributed by atoms with Crippen molar-refractivity contribution in [1.82, 2.24) is 9.97 Å². The first-order chi connectivity index (χ1) is 14.1. The van der Waals surface area contributed by atoms with E-state index in [2.05, 4.69) is 26.9 Å². The zero-order valence-electron chi connectivity index (χ0n) is 16.1. The van der Waals surface area contributed by atoms with Crippen LogP contribution < -0.4 is 14.8 Å². The Morgan fingerprint density at radius 2 is 1.70 bits per heavy atom. The number of hydrogen-bond acceptors (Lipinski definition) is 5. The third-order valence-electron chi connectivity index (χ3n) is 3.82. The fraction of sp³-hybridized carbons (Fsp3) is 0.474. The van der Waals surface area contributed by atoms with Gasteiger partial charge in [-0.2, -0.15) is 31.3 Å². The molecule has 2 rings (SSSR count). The van der Waals surface area contributed by atoms with Crippen LogP contribution in [0.1, 0.15) is 38.2 Å². The molecule has 0 spiro atoms. The van der Waals surface area contributed by atoms with E-state index < -0.39 is 30.4 Å². The van der Waals surface area contributed by atoms with Crippen LogP contribution >= 0.6 is 0 Å². The average Bonchev–Trinajstić information content (AvgIpc) is 2.66. The van der Waals surface area contributed by atoms with Crippen LogP contribution in [0, 0.1) is 0 Å². The number of benzene rings is 1. The van der Waals surface area contributed by atoms with E-state index in [4.69, 9.17) is 4.74 Å². The Morgan fingerprint density at radius 1 is 0.967 bits per heavy atom. The number of nitrogens with one attached hydrogen (secondary N) is 1. The lowest BCUT2D eigenvalue weighted by atomic mass is 10.2. The second-order valence-electron chi connectivity index (χ2n) is 6.34. The van der Waals surface area contributed by atoms with Gasteiger partial charge in [0, 0.05) is 6.20 Å². The number of para-hydroxylation sites is 2. The molecule has 11 heteroatoms. The highest BCUT2D eigenvalue weighted by Gasteiger charge is 2.38. The highest BCUT2D eigenvalue weighted by atomic mass is 19.4. The minimum atomic E-state index is -4.97. The Labute approximate surface area is 169 Å². The van der Waals surface area contributed by atoms with Gasteiger partial charge in [-0.15, -0.1) is 0 Å². The Bertz CT molecular complexity index is 812. The molecular formula is C19H21F6N3O2. The topological polar surface area (TPSA) is 56.3 Å². The molecule has 0 atom stereocenters. The molecule has 0 saturated carbocycles. The average molecular weight is 437 g/mol. The highest BCUT2D eigenvalue weighted by Crippen LogP contribution is 2.36. The molecule has 1 N–H and O–H groups in total. The summed E-state index contributed by atoms with van der Waals surface area (Å²) in [6.07, 6.45) is -5.46. The third-order valence-corrected chi connectivity index (χ3v) is 3.82. The Kier molecular flexibility index (Phi) is 8.13. The standard InChI is InChI=1S/C19H21F6N3O2/c1-2-3-4-7-10-29-15-9-6-5-8-14(15)27-17-26-11-13(19(23,24)25)16(28-17)30-12-18(20,21)22/h5-6,8-9,11H,2-4,7,10,12H2,1H3,(H,26,27,28). The molecule has 0 aliphatic heterocycles. The van der Waals surface area contributed by atoms with E-state index in [1.165, 1.54) is 0 Å². The van der Waals surface area contributed by atoms with Gasteiger partial charge in [0.05, 0.1) is 12.3 Å². The summed E-state index contributed by atoms with van der Waals surface area (Å²) in [6.45, 7) is 0.604. The van der Waals surface area contributed by atoms with Crippen molar-refractivity contribution < 1.29 is 35.8 Å². The molecule has 0 saturated heterocycles. The maximum Gasteiger partial charge on any atom is 0.423 e. The fourth-order valence-corrected chi connectivity index (χ4v) is 2.41. The van der Waals surface area contributed by atoms with Crippen LogP contribution in [0.3, 0.4) is 0 Å². The van der Waals surface area contributed by atoms with E-state index in [-0.39, 0.29) is 5.95 Å². The zero-order valence-corrected chi connectivity index (χ0v) is 16.1. The van der Waals surface area contributed by atoms with Crippen LogP contribution in [0.5, 0.6) is 11.6 Å². The van der Waals surface area contributed by atoms with E-state index in [9.17, 15) is 26.3 Å². The van der Waals surface area contributed by atoms with Gasteiger partial charge in [0.25, 0.3) is 0 Å². The number of halogens is 6. The van der Waals surface area contributed by atoms with Gasteiger partial charge >= 0.3 is 12.4 Å². The Balaban J connectivity index is 2.18. The van der Waals surface area contributed by atoms with E-state index in [1.54, 1.807) is 24.3 Å². The van der Waals surface area contributed by atoms with Crippen molar-refractivity contribution in [3.05, 3.63) is 36.0 Å². The molecule has 1 aromatic carbocycles. The molecule has 30 heavy (non-hydrogen) atoms. The first-order valence-corrected chi connectivity index (χ1v) is 9.23. The van der Waals surface area contributed by atoms with Crippen LogP contribution in [0.25, 0.3) is 0 Å². The number of aromatic nitrogens is 2. The third kappa shape index (κ3) is 7.60. The van der Waals surface area contributed by atoms with E-state index >= 15 is 0 Å². The molecule has 1 aromatic heterocycles. The molecule has 0 aliphatic carbocycles. The molecule has 5 nitrogen and oxygen atoms in total. The van der Waals surface area contributed by atoms with Gasteiger partial charge in [-0.05, 0) is 18.6 Å². The van der Waals surface area contributed by atoms with Crippen molar-refractivity contribution in [2.24, 2.45) is 0 Å². The number of ether oxygens (including phenoxy) is 2. The summed E-state index contributed by atoms with van der Waals surface area (Å²) in [5.74, 6) is -1.16. The number of anilines is 2. The smallest absolute Gasteiger partial charge is 0.423 e. The fourth-order valence-electron chi connectivity index (χ4n) is 2.41. The van der Waals surface area contributed by atoms with Gasteiger partial charge in [0.15, 0.2) is 6.61 Å². The molecule has 2 aromatic rings. The molecule has 0 fully saturated rings. The lowest BCUT2D eigenvalue weighted by Crippen LogP contribution is -2.22. The van der Waals surface area contributed by atoms with E-state index in [1.807, 2.05) is 0 Å². The van der Waals surface area contributed by atoms with Crippen LogP contribution in [0.4, 0.5) is 38.0 Å². The van der Waals surface area contributed by atoms with E-state index in [0.29, 0.717) is 24.2 Å². The summed E-state index contributed by atoms with van der Waals surface area (Å²) in [6, 6.07) is 6.58. The molecule has 0 bridgehead atoms. The van der Waals surface area contributed by atoms with Gasteiger partial charge in [0.1, 0.15) is 11.3 Å². The molecule has 166 valence electrons. The first kappa shape index (κ1) is 23.6. The summed E-state index contributed by atoms with van der Waals surface area (Å²) in [4.78, 5) is 7.03. The van der Waals surface area contributed by atoms with Crippen LogP contribution in [-0.4, -0.2) is 29.4 Å². The van der Waals surface area contributed by atoms with Gasteiger partial charge in [0.2, 0.25) is 11.8 Å². The lowest BCUT2D eigenvalue weighted by molar-refractivity contribution is -0.159. The Morgan fingerprint density at radius 3 is 2.37 bits per heavy atom. The SMILES string of the molecule is CCCCCCOc1ccccc1Nc1ncc(C(F)(F)F)c(OCC(F)(F)F)n1. The zero-order chi connectivity index (χ0) is 22.2. The van der Waals surface area contributed by atoms with Crippen molar-refractivity contribution in [1.29, 1.82) is 0 Å². The number of rotatable bonds is 10. The maximum absolute atomic E-state index is 13.0. The van der Waals surface area contributed by atoms with Crippen molar-refractivity contribution in [3.8, 4) is 11.6 Å².